The third-order valence-corrected chi connectivity index (χ3v) is 8.80. The fourth-order valence-corrected chi connectivity index (χ4v) is 6.10. The monoisotopic (exact) mass is 612 g/mol. The molecule has 0 aliphatic carbocycles. The minimum absolute atomic E-state index is 0. The summed E-state index contributed by atoms with van der Waals surface area (Å²) in [6.07, 6.45) is 39.5. The van der Waals surface area contributed by atoms with Crippen LogP contribution in [0.3, 0.4) is 0 Å². The molecule has 0 bridgehead atoms. The molecule has 0 rings (SSSR count). The second-order valence-corrected chi connectivity index (χ2v) is 13.4. The van der Waals surface area contributed by atoms with Crippen LogP contribution in [0.15, 0.2) is 0 Å². The summed E-state index contributed by atoms with van der Waals surface area (Å²) in [5.74, 6) is 0.198. The van der Waals surface area contributed by atoms with Crippen LogP contribution in [0.5, 0.6) is 0 Å². The summed E-state index contributed by atoms with van der Waals surface area (Å²) in [6.45, 7) is 4.62. The number of hydrogen-bond donors (Lipinski definition) is 0. The van der Waals surface area contributed by atoms with E-state index in [-0.39, 0.29) is 63.9 Å². The molecule has 0 amide bonds. The molecule has 0 aliphatic heterocycles. The topological polar surface area (TPSA) is 66.4 Å². The summed E-state index contributed by atoms with van der Waals surface area (Å²) >= 11 is 0. The maximum Gasteiger partial charge on any atom is 1.00 e. The molecule has 0 heterocycles. The van der Waals surface area contributed by atoms with Crippen LogP contribution in [-0.2, 0) is 14.6 Å². The van der Waals surface area contributed by atoms with Gasteiger partial charge in [0.2, 0.25) is 10.4 Å². The summed E-state index contributed by atoms with van der Waals surface area (Å²) in [6, 6.07) is 0. The number of hydrogen-bond acceptors (Lipinski definition) is 4. The Morgan fingerprint density at radius 1 is 0.450 bits per heavy atom. The molecule has 1 atom stereocenters. The van der Waals surface area contributed by atoms with Crippen LogP contribution in [0.25, 0.3) is 0 Å². The van der Waals surface area contributed by atoms with Crippen LogP contribution >= 0.6 is 0 Å². The predicted molar refractivity (Wildman–Crippen MR) is 169 cm³/mol. The van der Waals surface area contributed by atoms with E-state index in [0.29, 0.717) is 0 Å². The molecule has 0 aromatic heterocycles. The number of rotatable bonds is 33. The van der Waals surface area contributed by atoms with Crippen molar-refractivity contribution in [2.75, 3.05) is 6.61 Å². The molecular formula is C34H69KO4S. The summed E-state index contributed by atoms with van der Waals surface area (Å²) in [4.78, 5) is 0. The van der Waals surface area contributed by atoms with Crippen molar-refractivity contribution >= 4 is 10.4 Å². The molecule has 236 valence electrons. The van der Waals surface area contributed by atoms with Crippen LogP contribution < -0.4 is 51.4 Å². The normalized spacial score (nSPS) is 12.5. The molecule has 0 radical (unpaired) electrons. The summed E-state index contributed by atoms with van der Waals surface area (Å²) in [5.41, 5.74) is 0. The van der Waals surface area contributed by atoms with Crippen molar-refractivity contribution < 1.29 is 68.5 Å². The number of unbranched alkanes of at least 4 members (excludes halogenated alkanes) is 26. The van der Waals surface area contributed by atoms with E-state index in [0.717, 1.165) is 25.7 Å². The van der Waals surface area contributed by atoms with E-state index in [1.165, 1.54) is 167 Å². The van der Waals surface area contributed by atoms with Gasteiger partial charge in [0.25, 0.3) is 0 Å². The second kappa shape index (κ2) is 35.0. The zero-order valence-electron chi connectivity index (χ0n) is 27.5. The molecule has 1 unspecified atom stereocenters. The summed E-state index contributed by atoms with van der Waals surface area (Å²) < 4.78 is 37.5. The third kappa shape index (κ3) is 37.5. The molecule has 40 heavy (non-hydrogen) atoms. The van der Waals surface area contributed by atoms with Crippen LogP contribution in [0.4, 0.5) is 0 Å². The first kappa shape index (κ1) is 43.6. The van der Waals surface area contributed by atoms with Gasteiger partial charge in [-0.25, -0.2) is 8.42 Å². The van der Waals surface area contributed by atoms with E-state index in [4.69, 9.17) is 0 Å². The van der Waals surface area contributed by atoms with E-state index in [1.54, 1.807) is 0 Å². The minimum atomic E-state index is -4.59. The molecule has 6 heteroatoms. The largest absolute Gasteiger partial charge is 1.00 e. The molecule has 0 aliphatic rings. The van der Waals surface area contributed by atoms with Crippen LogP contribution in [0, 0.1) is 5.92 Å². The van der Waals surface area contributed by atoms with Crippen molar-refractivity contribution in [2.45, 2.75) is 206 Å². The first-order valence-electron chi connectivity index (χ1n) is 17.6. The fraction of sp³-hybridized carbons (Fsp3) is 1.00. The summed E-state index contributed by atoms with van der Waals surface area (Å²) in [5, 5.41) is 0. The van der Waals surface area contributed by atoms with Crippen molar-refractivity contribution in [3.8, 4) is 0 Å². The van der Waals surface area contributed by atoms with Crippen molar-refractivity contribution in [2.24, 2.45) is 5.92 Å². The van der Waals surface area contributed by atoms with Gasteiger partial charge >= 0.3 is 51.4 Å². The first-order chi connectivity index (χ1) is 19.0. The van der Waals surface area contributed by atoms with Crippen molar-refractivity contribution in [3.05, 3.63) is 0 Å². The Labute approximate surface area is 295 Å². The van der Waals surface area contributed by atoms with E-state index in [2.05, 4.69) is 18.0 Å². The predicted octanol–water partition coefficient (Wildman–Crippen LogP) is 8.83. The Bertz CT molecular complexity index is 570. The zero-order valence-corrected chi connectivity index (χ0v) is 31.5. The Morgan fingerprint density at radius 3 is 0.900 bits per heavy atom. The summed E-state index contributed by atoms with van der Waals surface area (Å²) in [7, 11) is -4.59. The van der Waals surface area contributed by atoms with Crippen LogP contribution in [-0.4, -0.2) is 19.6 Å². The van der Waals surface area contributed by atoms with Gasteiger partial charge in [-0.15, -0.1) is 0 Å². The average molecular weight is 613 g/mol. The average Bonchev–Trinajstić information content (AvgIpc) is 2.91. The van der Waals surface area contributed by atoms with Crippen molar-refractivity contribution in [1.82, 2.24) is 0 Å². The van der Waals surface area contributed by atoms with E-state index in [1.807, 2.05) is 0 Å². The minimum Gasteiger partial charge on any atom is -0.726 e. The second-order valence-electron chi connectivity index (χ2n) is 12.3. The Kier molecular flexibility index (Phi) is 38.2. The molecule has 0 N–H and O–H groups in total. The van der Waals surface area contributed by atoms with Crippen LogP contribution in [0.2, 0.25) is 0 Å². The van der Waals surface area contributed by atoms with Gasteiger partial charge in [0, 0.05) is 0 Å². The maximum absolute atomic E-state index is 11.0. The maximum atomic E-state index is 11.0. The first-order valence-corrected chi connectivity index (χ1v) is 18.9. The van der Waals surface area contributed by atoms with Gasteiger partial charge in [0.05, 0.1) is 6.61 Å². The Morgan fingerprint density at radius 2 is 0.675 bits per heavy atom. The fourth-order valence-electron chi connectivity index (χ4n) is 5.75. The molecule has 0 fully saturated rings. The molecule has 0 saturated carbocycles. The molecule has 0 spiro atoms. The van der Waals surface area contributed by atoms with Gasteiger partial charge in [-0.05, 0) is 18.8 Å². The van der Waals surface area contributed by atoms with Gasteiger partial charge in [0.1, 0.15) is 0 Å². The van der Waals surface area contributed by atoms with Gasteiger partial charge < -0.3 is 4.55 Å². The quantitative estimate of drug-likeness (QED) is 0.0321. The van der Waals surface area contributed by atoms with Gasteiger partial charge in [-0.2, -0.15) is 0 Å². The molecule has 0 aromatic carbocycles. The third-order valence-electron chi connectivity index (χ3n) is 8.38. The van der Waals surface area contributed by atoms with E-state index < -0.39 is 10.4 Å². The zero-order chi connectivity index (χ0) is 28.7. The van der Waals surface area contributed by atoms with Gasteiger partial charge in [-0.1, -0.05) is 194 Å². The van der Waals surface area contributed by atoms with Crippen LogP contribution in [0.1, 0.15) is 206 Å². The van der Waals surface area contributed by atoms with Crippen molar-refractivity contribution in [3.63, 3.8) is 0 Å². The Hall–Kier alpha value is 1.51. The van der Waals surface area contributed by atoms with Gasteiger partial charge in [-0.3, -0.25) is 4.18 Å². The molecule has 0 saturated heterocycles. The molecular weight excluding hydrogens is 544 g/mol. The molecule has 4 nitrogen and oxygen atoms in total. The standard InChI is InChI=1S/C34H70O4S.K/c1-3-5-7-9-11-13-15-16-17-18-19-20-22-24-26-28-30-32-34(33-38-39(35,36)37)31-29-27-25-23-21-14-12-10-8-6-4-2;/h34H,3-33H2,1-2H3,(H,35,36,37);/q;+1/p-1. The van der Waals surface area contributed by atoms with E-state index in [9.17, 15) is 13.0 Å². The van der Waals surface area contributed by atoms with E-state index >= 15 is 0 Å². The Balaban J connectivity index is 0. The smallest absolute Gasteiger partial charge is 0.726 e. The van der Waals surface area contributed by atoms with Gasteiger partial charge in [0.15, 0.2) is 0 Å². The molecule has 0 aromatic rings. The SMILES string of the molecule is CCCCCCCCCCCCCCCCCCCC(CCCCCCCCCCCCC)COS(=O)(=O)[O-].[K+]. The van der Waals surface area contributed by atoms with Crippen molar-refractivity contribution in [1.29, 1.82) is 0 Å².